The van der Waals surface area contributed by atoms with E-state index in [2.05, 4.69) is 46.3 Å². The monoisotopic (exact) mass is 799 g/mol. The first-order valence-corrected chi connectivity index (χ1v) is 20.3. The van der Waals surface area contributed by atoms with Crippen molar-refractivity contribution in [2.24, 2.45) is 21.9 Å². The van der Waals surface area contributed by atoms with E-state index in [1.165, 1.54) is 27.2 Å². The first kappa shape index (κ1) is 38.4. The Morgan fingerprint density at radius 2 is 1.56 bits per heavy atom. The van der Waals surface area contributed by atoms with Gasteiger partial charge >= 0.3 is 0 Å². The first-order chi connectivity index (χ1) is 26.6. The van der Waals surface area contributed by atoms with E-state index in [0.717, 1.165) is 100 Å². The van der Waals surface area contributed by atoms with Gasteiger partial charge in [0.05, 0.1) is 29.6 Å². The molecule has 1 N–H and O–H groups in total. The molecule has 17 heteroatoms. The van der Waals surface area contributed by atoms with Gasteiger partial charge in [-0.2, -0.15) is 0 Å². The van der Waals surface area contributed by atoms with Crippen LogP contribution in [0.4, 0.5) is 11.5 Å². The zero-order chi connectivity index (χ0) is 38.6. The number of unbranched alkanes of at least 4 members (excludes halogenated alkanes) is 1. The Morgan fingerprint density at radius 3 is 2.22 bits per heavy atom. The Bertz CT molecular complexity index is 2330. The standard InChI is InChI=1S/C25H28N8O2S.C13H14ClN3OS/c1-33(2)25(34)15-5-6-18-21(11-15)36-24-22(18)23(28-14-29-24)31-19-9-16-12-27-13-17(16)10-20(19)35-8-4-3-7-30-32-26;1-17(2)13(18)7-3-4-8-9(5-7)19-12-10(8)11(14)15-6-16-12/h9-10,12,14-15H,3-8,11,13H2,1-2H3,(H,28,29,31);6-7H,3-5H2,1-2H3. The van der Waals surface area contributed by atoms with E-state index in [0.29, 0.717) is 24.8 Å². The van der Waals surface area contributed by atoms with Gasteiger partial charge in [0.2, 0.25) is 11.8 Å². The van der Waals surface area contributed by atoms with Gasteiger partial charge in [-0.3, -0.25) is 14.6 Å². The molecule has 1 aliphatic heterocycles. The zero-order valence-electron chi connectivity index (χ0n) is 31.2. The fourth-order valence-electron chi connectivity index (χ4n) is 7.42. The molecule has 3 aliphatic rings. The van der Waals surface area contributed by atoms with Gasteiger partial charge in [-0.1, -0.05) is 16.7 Å². The van der Waals surface area contributed by atoms with Crippen molar-refractivity contribution in [1.82, 2.24) is 29.7 Å². The SMILES string of the molecule is CN(C)C(=O)C1CCc2c(sc3ncnc(Cl)c23)C1.CN(C)C(=O)C1CCc2c(sc3ncnc(Nc4cc5c(cc4OCCCCN=[N+]=[N-])CN=C5)c23)C1. The minimum atomic E-state index is 0.0137. The highest BCUT2D eigenvalue weighted by Gasteiger charge is 2.31. The van der Waals surface area contributed by atoms with Gasteiger partial charge < -0.3 is 19.9 Å². The molecule has 4 aromatic heterocycles. The van der Waals surface area contributed by atoms with E-state index in [1.807, 2.05) is 40.5 Å². The minimum Gasteiger partial charge on any atom is -0.491 e. The quantitative estimate of drug-likeness (QED) is 0.0495. The van der Waals surface area contributed by atoms with Crippen LogP contribution in [0.2, 0.25) is 5.15 Å². The first-order valence-electron chi connectivity index (χ1n) is 18.3. The summed E-state index contributed by atoms with van der Waals surface area (Å²) in [6, 6.07) is 4.09. The van der Waals surface area contributed by atoms with E-state index in [-0.39, 0.29) is 23.7 Å². The highest BCUT2D eigenvalue weighted by Crippen LogP contribution is 2.43. The average molecular weight is 800 g/mol. The summed E-state index contributed by atoms with van der Waals surface area (Å²) in [5.74, 6) is 1.99. The predicted molar refractivity (Wildman–Crippen MR) is 218 cm³/mol. The number of halogens is 1. The second kappa shape index (κ2) is 16.9. The predicted octanol–water partition coefficient (Wildman–Crippen LogP) is 7.57. The number of ether oxygens (including phenoxy) is 1. The molecule has 14 nitrogen and oxygen atoms in total. The number of nitrogens with one attached hydrogen (secondary N) is 1. The Hall–Kier alpha value is -4.89. The zero-order valence-corrected chi connectivity index (χ0v) is 33.6. The molecule has 0 bridgehead atoms. The number of amides is 2. The number of aromatic nitrogens is 4. The van der Waals surface area contributed by atoms with Crippen LogP contribution in [0.25, 0.3) is 30.9 Å². The summed E-state index contributed by atoms with van der Waals surface area (Å²) in [7, 11) is 7.26. The highest BCUT2D eigenvalue weighted by molar-refractivity contribution is 7.19. The van der Waals surface area contributed by atoms with Gasteiger partial charge in [0.1, 0.15) is 39.0 Å². The van der Waals surface area contributed by atoms with E-state index in [4.69, 9.17) is 21.9 Å². The molecule has 2 unspecified atom stereocenters. The molecule has 2 atom stereocenters. The normalized spacial score (nSPS) is 16.7. The van der Waals surface area contributed by atoms with Crippen molar-refractivity contribution in [2.75, 3.05) is 46.7 Å². The summed E-state index contributed by atoms with van der Waals surface area (Å²) in [6.45, 7) is 1.63. The number of thiophene rings is 2. The lowest BCUT2D eigenvalue weighted by Crippen LogP contribution is -2.32. The number of aliphatic imine (C=N–C) groups is 1. The maximum absolute atomic E-state index is 12.6. The summed E-state index contributed by atoms with van der Waals surface area (Å²) < 4.78 is 6.15. The van der Waals surface area contributed by atoms with Crippen molar-refractivity contribution in [3.8, 4) is 5.75 Å². The summed E-state index contributed by atoms with van der Waals surface area (Å²) in [5.41, 5.74) is 13.9. The van der Waals surface area contributed by atoms with E-state index in [1.54, 1.807) is 38.8 Å². The summed E-state index contributed by atoms with van der Waals surface area (Å²) in [5, 5.41) is 9.65. The number of fused-ring (bicyclic) bond motifs is 7. The molecular weight excluding hydrogens is 758 g/mol. The number of carbonyl (C=O) groups excluding carboxylic acids is 2. The number of rotatable bonds is 10. The van der Waals surface area contributed by atoms with Crippen molar-refractivity contribution in [2.45, 2.75) is 57.9 Å². The van der Waals surface area contributed by atoms with Gasteiger partial charge in [-0.05, 0) is 91.3 Å². The molecule has 0 saturated carbocycles. The summed E-state index contributed by atoms with van der Waals surface area (Å²) in [4.78, 5) is 57.0. The van der Waals surface area contributed by atoms with Crippen LogP contribution in [0.15, 0.2) is 34.9 Å². The highest BCUT2D eigenvalue weighted by atomic mass is 35.5. The third-order valence-corrected chi connectivity index (χ3v) is 12.8. The van der Waals surface area contributed by atoms with Crippen LogP contribution in [-0.4, -0.2) is 89.1 Å². The number of hydrogen-bond acceptors (Lipinski definition) is 12. The molecule has 1 aromatic carbocycles. The number of carbonyl (C=O) groups is 2. The number of aryl methyl sites for hydroxylation is 2. The Morgan fingerprint density at radius 1 is 0.927 bits per heavy atom. The van der Waals surface area contributed by atoms with E-state index < -0.39 is 0 Å². The maximum atomic E-state index is 12.6. The molecule has 286 valence electrons. The smallest absolute Gasteiger partial charge is 0.225 e. The second-order valence-electron chi connectivity index (χ2n) is 14.3. The lowest BCUT2D eigenvalue weighted by Gasteiger charge is -2.24. The molecule has 0 spiro atoms. The van der Waals surface area contributed by atoms with Crippen molar-refractivity contribution in [3.05, 3.63) is 72.4 Å². The maximum Gasteiger partial charge on any atom is 0.225 e. The molecule has 5 heterocycles. The summed E-state index contributed by atoms with van der Waals surface area (Å²) in [6.07, 6.45) is 11.5. The van der Waals surface area contributed by atoms with Crippen molar-refractivity contribution in [3.63, 3.8) is 0 Å². The summed E-state index contributed by atoms with van der Waals surface area (Å²) >= 11 is 9.46. The molecule has 55 heavy (non-hydrogen) atoms. The van der Waals surface area contributed by atoms with Gasteiger partial charge in [-0.25, -0.2) is 19.9 Å². The molecule has 2 aliphatic carbocycles. The van der Waals surface area contributed by atoms with Crippen molar-refractivity contribution >= 4 is 84.2 Å². The van der Waals surface area contributed by atoms with Crippen LogP contribution in [0, 0.1) is 11.8 Å². The molecule has 0 radical (unpaired) electrons. The van der Waals surface area contributed by atoms with E-state index >= 15 is 0 Å². The molecule has 0 fully saturated rings. The van der Waals surface area contributed by atoms with Crippen molar-refractivity contribution < 1.29 is 14.3 Å². The van der Waals surface area contributed by atoms with Crippen LogP contribution in [-0.2, 0) is 41.8 Å². The largest absolute Gasteiger partial charge is 0.491 e. The number of hydrogen-bond donors (Lipinski definition) is 1. The van der Waals surface area contributed by atoms with Gasteiger partial charge in [0, 0.05) is 67.5 Å². The molecule has 5 aromatic rings. The average Bonchev–Trinajstić information content (AvgIpc) is 3.90. The van der Waals surface area contributed by atoms with E-state index in [9.17, 15) is 9.59 Å². The third kappa shape index (κ3) is 8.23. The van der Waals surface area contributed by atoms with Gasteiger partial charge in [0.25, 0.3) is 0 Å². The van der Waals surface area contributed by atoms with Crippen LogP contribution in [0.3, 0.4) is 0 Å². The molecule has 2 amide bonds. The van der Waals surface area contributed by atoms with Gasteiger partial charge in [0.15, 0.2) is 0 Å². The lowest BCUT2D eigenvalue weighted by atomic mass is 9.87. The minimum absolute atomic E-state index is 0.0137. The topological polar surface area (TPSA) is 175 Å². The number of azide groups is 1. The third-order valence-electron chi connectivity index (χ3n) is 10.2. The number of nitrogens with zero attached hydrogens (tertiary/aromatic N) is 10. The Kier molecular flexibility index (Phi) is 11.8. The van der Waals surface area contributed by atoms with Crippen LogP contribution < -0.4 is 10.1 Å². The number of benzene rings is 1. The molecular formula is C38H42ClN11O3S2. The molecule has 0 saturated heterocycles. The fourth-order valence-corrected chi connectivity index (χ4v) is 10.3. The number of anilines is 2. The van der Waals surface area contributed by atoms with Gasteiger partial charge in [-0.15, -0.1) is 22.7 Å². The Labute approximate surface area is 331 Å². The fraction of sp³-hybridized carbons (Fsp3) is 0.447. The van der Waals surface area contributed by atoms with Crippen LogP contribution >= 0.6 is 34.3 Å². The Balaban J connectivity index is 0.000000205. The lowest BCUT2D eigenvalue weighted by molar-refractivity contribution is -0.134. The second-order valence-corrected chi connectivity index (χ2v) is 16.8. The van der Waals surface area contributed by atoms with Crippen LogP contribution in [0.1, 0.15) is 57.7 Å². The molecule has 8 rings (SSSR count). The van der Waals surface area contributed by atoms with Crippen molar-refractivity contribution in [1.29, 1.82) is 0 Å². The van der Waals surface area contributed by atoms with Crippen LogP contribution in [0.5, 0.6) is 5.75 Å².